The molecule has 1 aliphatic rings. The van der Waals surface area contributed by atoms with Gasteiger partial charge in [-0.25, -0.2) is 0 Å². The lowest BCUT2D eigenvalue weighted by atomic mass is 9.99. The Bertz CT molecular complexity index is 460. The van der Waals surface area contributed by atoms with E-state index in [1.54, 1.807) is 0 Å². The molecule has 0 aromatic heterocycles. The van der Waals surface area contributed by atoms with Gasteiger partial charge in [0, 0.05) is 22.6 Å². The second-order valence-corrected chi connectivity index (χ2v) is 7.66. The summed E-state index contributed by atoms with van der Waals surface area (Å²) in [7, 11) is 1.25. The minimum atomic E-state index is -0.747. The summed E-state index contributed by atoms with van der Waals surface area (Å²) in [4.78, 5) is 0. The van der Waals surface area contributed by atoms with Gasteiger partial charge < -0.3 is 5.32 Å². The van der Waals surface area contributed by atoms with Crippen LogP contribution in [0.4, 0.5) is 0 Å². The Morgan fingerprint density at radius 1 is 1.40 bits per heavy atom. The summed E-state index contributed by atoms with van der Waals surface area (Å²) in [5.74, 6) is 1.38. The van der Waals surface area contributed by atoms with Crippen molar-refractivity contribution in [3.05, 3.63) is 35.4 Å². The molecule has 4 unspecified atom stereocenters. The number of hydrogen-bond donors (Lipinski definition) is 1. The number of nitrogens with one attached hydrogen (secondary N) is 1. The van der Waals surface area contributed by atoms with E-state index >= 15 is 0 Å². The van der Waals surface area contributed by atoms with Crippen molar-refractivity contribution >= 4 is 10.8 Å². The van der Waals surface area contributed by atoms with Gasteiger partial charge in [0.2, 0.25) is 0 Å². The van der Waals surface area contributed by atoms with Crippen molar-refractivity contribution in [3.63, 3.8) is 0 Å². The fourth-order valence-electron chi connectivity index (χ4n) is 3.07. The fraction of sp³-hybridized carbons (Fsp3) is 0.647. The molecule has 112 valence electrons. The summed E-state index contributed by atoms with van der Waals surface area (Å²) >= 11 is 0. The van der Waals surface area contributed by atoms with Crippen molar-refractivity contribution in [1.29, 1.82) is 0 Å². The molecule has 0 saturated carbocycles. The molecule has 4 atom stereocenters. The molecule has 2 nitrogen and oxygen atoms in total. The first-order chi connectivity index (χ1) is 9.67. The van der Waals surface area contributed by atoms with Crippen LogP contribution in [-0.4, -0.2) is 22.3 Å². The number of benzene rings is 1. The SMILES string of the molecule is CCC(C)CS(=O)C1CCCc2ccccc2C1NC. The summed E-state index contributed by atoms with van der Waals surface area (Å²) in [5, 5.41) is 3.68. The van der Waals surface area contributed by atoms with Crippen molar-refractivity contribution in [3.8, 4) is 0 Å². The molecular formula is C17H27NOS. The smallest absolute Gasteiger partial charge is 0.0543 e. The normalized spacial score (nSPS) is 25.6. The highest BCUT2D eigenvalue weighted by Crippen LogP contribution is 2.32. The van der Waals surface area contributed by atoms with Crippen molar-refractivity contribution in [2.45, 2.75) is 50.8 Å². The molecular weight excluding hydrogens is 266 g/mol. The number of rotatable bonds is 5. The van der Waals surface area contributed by atoms with Gasteiger partial charge in [0.1, 0.15) is 0 Å². The number of fused-ring (bicyclic) bond motifs is 1. The summed E-state index contributed by atoms with van der Waals surface area (Å²) in [5.41, 5.74) is 2.78. The number of hydrogen-bond acceptors (Lipinski definition) is 2. The van der Waals surface area contributed by atoms with Gasteiger partial charge in [-0.15, -0.1) is 0 Å². The standard InChI is InChI=1S/C17H27NOS/c1-4-13(2)12-20(19)16-11-7-9-14-8-5-6-10-15(14)17(16)18-3/h5-6,8,10,13,16-18H,4,7,9,11-12H2,1-3H3. The maximum atomic E-state index is 12.8. The van der Waals surface area contributed by atoms with Crippen molar-refractivity contribution in [1.82, 2.24) is 5.32 Å². The highest BCUT2D eigenvalue weighted by Gasteiger charge is 2.31. The molecule has 0 fully saturated rings. The molecule has 0 amide bonds. The molecule has 0 heterocycles. The molecule has 1 N–H and O–H groups in total. The van der Waals surface area contributed by atoms with Gasteiger partial charge in [-0.2, -0.15) is 0 Å². The highest BCUT2D eigenvalue weighted by atomic mass is 32.2. The lowest BCUT2D eigenvalue weighted by Gasteiger charge is -2.26. The topological polar surface area (TPSA) is 29.1 Å². The molecule has 1 aliphatic carbocycles. The van der Waals surface area contributed by atoms with Gasteiger partial charge in [0.25, 0.3) is 0 Å². The van der Waals surface area contributed by atoms with Crippen LogP contribution in [0.2, 0.25) is 0 Å². The lowest BCUT2D eigenvalue weighted by molar-refractivity contribution is 0.524. The van der Waals surface area contributed by atoms with Gasteiger partial charge in [0.05, 0.1) is 5.25 Å². The van der Waals surface area contributed by atoms with Gasteiger partial charge in [-0.1, -0.05) is 44.5 Å². The van der Waals surface area contributed by atoms with E-state index in [4.69, 9.17) is 0 Å². The molecule has 2 rings (SSSR count). The van der Waals surface area contributed by atoms with Crippen LogP contribution in [0.3, 0.4) is 0 Å². The van der Waals surface area contributed by atoms with Gasteiger partial charge >= 0.3 is 0 Å². The summed E-state index contributed by atoms with van der Waals surface area (Å²) in [6.07, 6.45) is 4.43. The monoisotopic (exact) mass is 293 g/mol. The van der Waals surface area contributed by atoms with Crippen LogP contribution < -0.4 is 5.32 Å². The fourth-order valence-corrected chi connectivity index (χ4v) is 5.13. The Morgan fingerprint density at radius 3 is 2.85 bits per heavy atom. The van der Waals surface area contributed by atoms with E-state index < -0.39 is 10.8 Å². The van der Waals surface area contributed by atoms with Crippen molar-refractivity contribution < 1.29 is 4.21 Å². The van der Waals surface area contributed by atoms with E-state index in [-0.39, 0.29) is 11.3 Å². The van der Waals surface area contributed by atoms with Crippen LogP contribution in [0.25, 0.3) is 0 Å². The van der Waals surface area contributed by atoms with Crippen molar-refractivity contribution in [2.24, 2.45) is 5.92 Å². The second-order valence-electron chi connectivity index (χ2n) is 5.96. The van der Waals surface area contributed by atoms with E-state index in [0.717, 1.165) is 31.4 Å². The second kappa shape index (κ2) is 7.37. The summed E-state index contributed by atoms with van der Waals surface area (Å²) < 4.78 is 12.8. The first-order valence-electron chi connectivity index (χ1n) is 7.79. The largest absolute Gasteiger partial charge is 0.312 e. The minimum Gasteiger partial charge on any atom is -0.312 e. The zero-order valence-corrected chi connectivity index (χ0v) is 13.7. The Morgan fingerprint density at radius 2 is 2.15 bits per heavy atom. The highest BCUT2D eigenvalue weighted by molar-refractivity contribution is 7.85. The van der Waals surface area contributed by atoms with Crippen LogP contribution in [0.15, 0.2) is 24.3 Å². The van der Waals surface area contributed by atoms with E-state index in [2.05, 4.69) is 43.4 Å². The molecule has 0 aliphatic heterocycles. The van der Waals surface area contributed by atoms with E-state index in [9.17, 15) is 4.21 Å². The first kappa shape index (κ1) is 15.7. The Labute approximate surface area is 125 Å². The Hall–Kier alpha value is -0.670. The molecule has 0 spiro atoms. The average Bonchev–Trinajstić information content (AvgIpc) is 2.65. The van der Waals surface area contributed by atoms with Crippen molar-refractivity contribution in [2.75, 3.05) is 12.8 Å². The molecule has 0 saturated heterocycles. The first-order valence-corrected chi connectivity index (χ1v) is 9.17. The van der Waals surface area contributed by atoms with Crippen LogP contribution in [-0.2, 0) is 17.2 Å². The third-order valence-electron chi connectivity index (χ3n) is 4.49. The number of aryl methyl sites for hydroxylation is 1. The Balaban J connectivity index is 2.23. The summed E-state index contributed by atoms with van der Waals surface area (Å²) in [6, 6.07) is 8.87. The molecule has 1 aromatic rings. The van der Waals surface area contributed by atoms with Gasteiger partial charge in [-0.3, -0.25) is 4.21 Å². The summed E-state index contributed by atoms with van der Waals surface area (Å²) in [6.45, 7) is 4.39. The molecule has 3 heteroatoms. The van der Waals surface area contributed by atoms with E-state index in [0.29, 0.717) is 5.92 Å². The van der Waals surface area contributed by atoms with Crippen LogP contribution in [0.1, 0.15) is 50.3 Å². The van der Waals surface area contributed by atoms with Gasteiger partial charge in [-0.05, 0) is 43.4 Å². The molecule has 20 heavy (non-hydrogen) atoms. The zero-order valence-electron chi connectivity index (χ0n) is 12.9. The minimum absolute atomic E-state index is 0.235. The quantitative estimate of drug-likeness (QED) is 0.843. The van der Waals surface area contributed by atoms with E-state index in [1.807, 2.05) is 7.05 Å². The molecule has 1 aromatic carbocycles. The van der Waals surface area contributed by atoms with Crippen LogP contribution >= 0.6 is 0 Å². The molecule has 0 bridgehead atoms. The van der Waals surface area contributed by atoms with Crippen LogP contribution in [0.5, 0.6) is 0 Å². The lowest BCUT2D eigenvalue weighted by Crippen LogP contribution is -2.34. The maximum Gasteiger partial charge on any atom is 0.0543 e. The Kier molecular flexibility index (Phi) is 5.79. The van der Waals surface area contributed by atoms with Crippen LogP contribution in [0, 0.1) is 5.92 Å². The zero-order chi connectivity index (χ0) is 14.5. The predicted octanol–water partition coefficient (Wildman–Crippen LogP) is 3.45. The van der Waals surface area contributed by atoms with E-state index in [1.165, 1.54) is 11.1 Å². The average molecular weight is 293 g/mol. The predicted molar refractivity (Wildman–Crippen MR) is 87.4 cm³/mol. The molecule has 0 radical (unpaired) electrons. The third kappa shape index (κ3) is 3.50. The van der Waals surface area contributed by atoms with Gasteiger partial charge in [0.15, 0.2) is 0 Å². The maximum absolute atomic E-state index is 12.8. The third-order valence-corrected chi connectivity index (χ3v) is 6.57.